The highest BCUT2D eigenvalue weighted by Gasteiger charge is 2.05. The van der Waals surface area contributed by atoms with Gasteiger partial charge in [-0.1, -0.05) is 29.8 Å². The number of carboxylic acid groups (broad SMARTS) is 1. The van der Waals surface area contributed by atoms with Crippen LogP contribution < -0.4 is 0 Å². The van der Waals surface area contributed by atoms with Gasteiger partial charge in [0.25, 0.3) is 0 Å². The van der Waals surface area contributed by atoms with E-state index in [2.05, 4.69) is 12.6 Å². The van der Waals surface area contributed by atoms with Crippen molar-refractivity contribution in [3.8, 4) is 0 Å². The molecule has 0 aliphatic carbocycles. The van der Waals surface area contributed by atoms with Gasteiger partial charge in [0.05, 0.1) is 6.42 Å². The summed E-state index contributed by atoms with van der Waals surface area (Å²) >= 11 is 9.93. The molecule has 1 aromatic rings. The fraction of sp³-hybridized carbons (Fsp3) is 0.250. The van der Waals surface area contributed by atoms with Crippen LogP contribution in [0.25, 0.3) is 6.08 Å². The van der Waals surface area contributed by atoms with Crippen molar-refractivity contribution in [3.05, 3.63) is 40.4 Å². The first kappa shape index (κ1) is 13.1. The zero-order valence-corrected chi connectivity index (χ0v) is 10.3. The maximum atomic E-state index is 10.7. The van der Waals surface area contributed by atoms with Crippen LogP contribution in [0, 0.1) is 0 Å². The summed E-state index contributed by atoms with van der Waals surface area (Å²) in [5, 5.41) is 9.33. The van der Waals surface area contributed by atoms with Crippen LogP contribution in [0.3, 0.4) is 0 Å². The van der Waals surface area contributed by atoms with Gasteiger partial charge < -0.3 is 5.11 Å². The fourth-order valence-corrected chi connectivity index (χ4v) is 1.68. The van der Waals surface area contributed by atoms with E-state index in [9.17, 15) is 4.79 Å². The molecular formula is C12H13ClO2S. The molecule has 0 aromatic heterocycles. The predicted molar refractivity (Wildman–Crippen MR) is 70.3 cm³/mol. The van der Waals surface area contributed by atoms with Gasteiger partial charge in [0.2, 0.25) is 0 Å². The molecule has 0 amide bonds. The van der Waals surface area contributed by atoms with Crippen LogP contribution in [0.2, 0.25) is 5.02 Å². The lowest BCUT2D eigenvalue weighted by molar-refractivity contribution is -0.136. The van der Waals surface area contributed by atoms with Gasteiger partial charge in [0, 0.05) is 5.02 Å². The van der Waals surface area contributed by atoms with Crippen LogP contribution in [0.5, 0.6) is 0 Å². The number of benzene rings is 1. The molecule has 0 saturated carbocycles. The average Bonchev–Trinajstić information content (AvgIpc) is 2.20. The molecule has 0 aliphatic heterocycles. The summed E-state index contributed by atoms with van der Waals surface area (Å²) in [6.07, 6.45) is 4.73. The Morgan fingerprint density at radius 3 is 2.88 bits per heavy atom. The second-order valence-electron chi connectivity index (χ2n) is 3.33. The Kier molecular flexibility index (Phi) is 5.43. The lowest BCUT2D eigenvalue weighted by Gasteiger charge is -2.04. The Balaban J connectivity index is 2.93. The molecule has 0 spiro atoms. The van der Waals surface area contributed by atoms with Crippen LogP contribution in [-0.2, 0) is 11.2 Å². The number of halogens is 1. The summed E-state index contributed by atoms with van der Waals surface area (Å²) in [7, 11) is 0. The van der Waals surface area contributed by atoms with Crippen molar-refractivity contribution in [2.75, 3.05) is 5.75 Å². The van der Waals surface area contributed by atoms with E-state index in [1.807, 2.05) is 18.2 Å². The largest absolute Gasteiger partial charge is 0.481 e. The zero-order valence-electron chi connectivity index (χ0n) is 8.69. The number of rotatable bonds is 5. The van der Waals surface area contributed by atoms with Crippen LogP contribution in [0.4, 0.5) is 0 Å². The van der Waals surface area contributed by atoms with Crippen molar-refractivity contribution in [1.82, 2.24) is 0 Å². The molecule has 0 aliphatic rings. The lowest BCUT2D eigenvalue weighted by Crippen LogP contribution is -2.01. The first-order valence-corrected chi connectivity index (χ1v) is 5.92. The van der Waals surface area contributed by atoms with Crippen molar-refractivity contribution in [2.24, 2.45) is 0 Å². The number of hydrogen-bond acceptors (Lipinski definition) is 2. The minimum atomic E-state index is -0.855. The third kappa shape index (κ3) is 4.29. The molecule has 0 saturated heterocycles. The second kappa shape index (κ2) is 6.61. The third-order valence-electron chi connectivity index (χ3n) is 2.04. The molecule has 0 heterocycles. The third-order valence-corrected chi connectivity index (χ3v) is 2.53. The fourth-order valence-electron chi connectivity index (χ4n) is 1.34. The minimum Gasteiger partial charge on any atom is -0.481 e. The molecule has 4 heteroatoms. The number of carbonyl (C=O) groups is 1. The van der Waals surface area contributed by atoms with Gasteiger partial charge >= 0.3 is 5.97 Å². The van der Waals surface area contributed by atoms with E-state index in [1.54, 1.807) is 12.1 Å². The van der Waals surface area contributed by atoms with E-state index in [4.69, 9.17) is 16.7 Å². The molecule has 1 rings (SSSR count). The van der Waals surface area contributed by atoms with Gasteiger partial charge in [-0.2, -0.15) is 12.6 Å². The Hall–Kier alpha value is -0.930. The Morgan fingerprint density at radius 1 is 1.50 bits per heavy atom. The molecule has 16 heavy (non-hydrogen) atoms. The van der Waals surface area contributed by atoms with E-state index in [0.29, 0.717) is 5.02 Å². The van der Waals surface area contributed by atoms with Gasteiger partial charge in [-0.15, -0.1) is 0 Å². The maximum Gasteiger partial charge on any atom is 0.307 e. The van der Waals surface area contributed by atoms with Crippen molar-refractivity contribution in [1.29, 1.82) is 0 Å². The van der Waals surface area contributed by atoms with Crippen molar-refractivity contribution in [3.63, 3.8) is 0 Å². The van der Waals surface area contributed by atoms with E-state index in [0.717, 1.165) is 23.3 Å². The van der Waals surface area contributed by atoms with Crippen molar-refractivity contribution < 1.29 is 9.90 Å². The van der Waals surface area contributed by atoms with Crippen molar-refractivity contribution in [2.45, 2.75) is 12.8 Å². The Morgan fingerprint density at radius 2 is 2.25 bits per heavy atom. The van der Waals surface area contributed by atoms with Gasteiger partial charge in [-0.3, -0.25) is 4.79 Å². The molecule has 0 radical (unpaired) electrons. The highest BCUT2D eigenvalue weighted by Crippen LogP contribution is 2.18. The summed E-state index contributed by atoms with van der Waals surface area (Å²) < 4.78 is 0. The van der Waals surface area contributed by atoms with Gasteiger partial charge in [-0.05, 0) is 35.4 Å². The number of hydrogen-bond donors (Lipinski definition) is 2. The number of allylic oxidation sites excluding steroid dienone is 1. The molecule has 2 nitrogen and oxygen atoms in total. The van der Waals surface area contributed by atoms with Crippen LogP contribution in [0.15, 0.2) is 24.3 Å². The first-order chi connectivity index (χ1) is 7.63. The van der Waals surface area contributed by atoms with Gasteiger partial charge in [-0.25, -0.2) is 0 Å². The first-order valence-electron chi connectivity index (χ1n) is 4.91. The maximum absolute atomic E-state index is 10.7. The van der Waals surface area contributed by atoms with Crippen molar-refractivity contribution >= 4 is 36.3 Å². The SMILES string of the molecule is O=C(O)Cc1cc(Cl)ccc1C=CCCS. The van der Waals surface area contributed by atoms with E-state index in [-0.39, 0.29) is 6.42 Å². The van der Waals surface area contributed by atoms with Crippen LogP contribution >= 0.6 is 24.2 Å². The summed E-state index contributed by atoms with van der Waals surface area (Å²) in [6.45, 7) is 0. The smallest absolute Gasteiger partial charge is 0.307 e. The molecule has 0 unspecified atom stereocenters. The average molecular weight is 257 g/mol. The summed E-state index contributed by atoms with van der Waals surface area (Å²) in [5.41, 5.74) is 1.63. The summed E-state index contributed by atoms with van der Waals surface area (Å²) in [5.74, 6) is -0.0793. The number of thiol groups is 1. The zero-order chi connectivity index (χ0) is 12.0. The van der Waals surface area contributed by atoms with E-state index >= 15 is 0 Å². The molecule has 86 valence electrons. The Labute approximate surface area is 105 Å². The Bertz CT molecular complexity index is 402. The highest BCUT2D eigenvalue weighted by molar-refractivity contribution is 7.80. The quantitative estimate of drug-likeness (QED) is 0.794. The molecule has 1 aromatic carbocycles. The molecular weight excluding hydrogens is 244 g/mol. The molecule has 1 N–H and O–H groups in total. The molecule has 0 bridgehead atoms. The topological polar surface area (TPSA) is 37.3 Å². The standard InChI is InChI=1S/C12H13ClO2S/c13-11-5-4-9(3-1-2-6-16)10(7-11)8-12(14)15/h1,3-5,7,16H,2,6,8H2,(H,14,15). The molecule has 0 atom stereocenters. The van der Waals surface area contributed by atoms with Crippen LogP contribution in [0.1, 0.15) is 17.5 Å². The summed E-state index contributed by atoms with van der Waals surface area (Å²) in [4.78, 5) is 10.7. The second-order valence-corrected chi connectivity index (χ2v) is 4.21. The highest BCUT2D eigenvalue weighted by atomic mass is 35.5. The van der Waals surface area contributed by atoms with Gasteiger partial charge in [0.1, 0.15) is 0 Å². The normalized spacial score (nSPS) is 10.9. The number of carboxylic acids is 1. The lowest BCUT2D eigenvalue weighted by atomic mass is 10.0. The van der Waals surface area contributed by atoms with E-state index in [1.165, 1.54) is 0 Å². The summed E-state index contributed by atoms with van der Waals surface area (Å²) in [6, 6.07) is 5.28. The van der Waals surface area contributed by atoms with Gasteiger partial charge in [0.15, 0.2) is 0 Å². The van der Waals surface area contributed by atoms with E-state index < -0.39 is 5.97 Å². The molecule has 0 fully saturated rings. The van der Waals surface area contributed by atoms with Crippen LogP contribution in [-0.4, -0.2) is 16.8 Å². The monoisotopic (exact) mass is 256 g/mol. The minimum absolute atomic E-state index is 0.0128. The number of aliphatic carboxylic acids is 1. The predicted octanol–water partition coefficient (Wildman–Crippen LogP) is 3.30.